The van der Waals surface area contributed by atoms with Gasteiger partial charge in [-0.3, -0.25) is 14.5 Å². The third-order valence-electron chi connectivity index (χ3n) is 4.14. The molecule has 1 unspecified atom stereocenters. The third-order valence-corrected chi connectivity index (χ3v) is 5.82. The van der Waals surface area contributed by atoms with E-state index in [0.29, 0.717) is 28.8 Å². The van der Waals surface area contributed by atoms with E-state index < -0.39 is 5.25 Å². The van der Waals surface area contributed by atoms with Crippen LogP contribution in [-0.2, 0) is 9.59 Å². The first kappa shape index (κ1) is 20.4. The van der Waals surface area contributed by atoms with Gasteiger partial charge in [0.25, 0.3) is 0 Å². The minimum absolute atomic E-state index is 0.121. The number of halogens is 1. The van der Waals surface area contributed by atoms with Crippen molar-refractivity contribution in [2.24, 2.45) is 4.99 Å². The molecule has 0 bridgehead atoms. The minimum atomic E-state index is -0.553. The van der Waals surface area contributed by atoms with Gasteiger partial charge in [0.2, 0.25) is 11.8 Å². The molecule has 2 amide bonds. The number of anilines is 1. The van der Waals surface area contributed by atoms with Crippen molar-refractivity contribution >= 4 is 56.0 Å². The summed E-state index contributed by atoms with van der Waals surface area (Å²) < 4.78 is 6.21. The molecular weight excluding hydrogens is 442 g/mol. The van der Waals surface area contributed by atoms with Crippen molar-refractivity contribution in [2.45, 2.75) is 18.6 Å². The van der Waals surface area contributed by atoms with E-state index in [0.717, 1.165) is 4.47 Å². The molecule has 28 heavy (non-hydrogen) atoms. The second kappa shape index (κ2) is 9.25. The Bertz CT molecular complexity index is 919. The molecule has 1 aliphatic rings. The maximum absolute atomic E-state index is 12.7. The largest absolute Gasteiger partial charge is 0.494 e. The van der Waals surface area contributed by atoms with Gasteiger partial charge in [0, 0.05) is 23.1 Å². The lowest BCUT2D eigenvalue weighted by Crippen LogP contribution is -2.45. The Morgan fingerprint density at radius 2 is 2.11 bits per heavy atom. The van der Waals surface area contributed by atoms with Crippen LogP contribution in [-0.4, -0.2) is 40.8 Å². The number of benzene rings is 2. The molecular formula is C20H20BrN3O3S. The smallest absolute Gasteiger partial charge is 0.238 e. The zero-order valence-corrected chi connectivity index (χ0v) is 17.9. The molecule has 3 rings (SSSR count). The van der Waals surface area contributed by atoms with Gasteiger partial charge in [-0.05, 0) is 37.3 Å². The zero-order valence-electron chi connectivity index (χ0n) is 15.5. The number of hydrogen-bond donors (Lipinski definition) is 1. The van der Waals surface area contributed by atoms with E-state index in [2.05, 4.69) is 26.2 Å². The number of methoxy groups -OCH3 is 1. The van der Waals surface area contributed by atoms with Crippen LogP contribution >= 0.6 is 27.7 Å². The summed E-state index contributed by atoms with van der Waals surface area (Å²) >= 11 is 4.68. The molecule has 1 fully saturated rings. The molecule has 0 radical (unpaired) electrons. The fourth-order valence-electron chi connectivity index (χ4n) is 2.77. The molecule has 146 valence electrons. The number of nitrogens with zero attached hydrogens (tertiary/aromatic N) is 2. The van der Waals surface area contributed by atoms with Crippen molar-refractivity contribution in [1.29, 1.82) is 0 Å². The number of para-hydroxylation sites is 2. The summed E-state index contributed by atoms with van der Waals surface area (Å²) in [6.45, 7) is 2.37. The molecule has 0 aliphatic carbocycles. The Labute approximate surface area is 176 Å². The normalized spacial score (nSPS) is 18.2. The molecule has 2 aromatic carbocycles. The molecule has 1 saturated heterocycles. The first-order chi connectivity index (χ1) is 13.5. The van der Waals surface area contributed by atoms with E-state index in [4.69, 9.17) is 4.74 Å². The highest BCUT2D eigenvalue weighted by atomic mass is 79.9. The fraction of sp³-hybridized carbons (Fsp3) is 0.250. The Hall–Kier alpha value is -2.32. The average Bonchev–Trinajstić information content (AvgIpc) is 2.68. The van der Waals surface area contributed by atoms with Gasteiger partial charge in [-0.1, -0.05) is 45.9 Å². The highest BCUT2D eigenvalue weighted by molar-refractivity contribution is 9.10. The first-order valence-corrected chi connectivity index (χ1v) is 10.4. The SMILES string of the molecule is CCN1C(=O)CC(C(=O)Nc2cccc(Br)c2)SC1=Nc1ccccc1OC. The molecule has 1 aliphatic heterocycles. The number of thioether (sulfide) groups is 1. The number of amides is 2. The number of carbonyl (C=O) groups excluding carboxylic acids is 2. The fourth-order valence-corrected chi connectivity index (χ4v) is 4.32. The molecule has 6 nitrogen and oxygen atoms in total. The average molecular weight is 462 g/mol. The lowest BCUT2D eigenvalue weighted by atomic mass is 10.2. The maximum atomic E-state index is 12.7. The lowest BCUT2D eigenvalue weighted by Gasteiger charge is -2.31. The highest BCUT2D eigenvalue weighted by Gasteiger charge is 2.35. The number of hydrogen-bond acceptors (Lipinski definition) is 5. The van der Waals surface area contributed by atoms with Crippen molar-refractivity contribution in [3.8, 4) is 5.75 Å². The van der Waals surface area contributed by atoms with Gasteiger partial charge in [0.1, 0.15) is 16.7 Å². The number of amidine groups is 1. The van der Waals surface area contributed by atoms with Crippen molar-refractivity contribution in [3.05, 3.63) is 53.0 Å². The number of ether oxygens (including phenoxy) is 1. The first-order valence-electron chi connectivity index (χ1n) is 8.77. The highest BCUT2D eigenvalue weighted by Crippen LogP contribution is 2.33. The van der Waals surface area contributed by atoms with Crippen LogP contribution < -0.4 is 10.1 Å². The Morgan fingerprint density at radius 3 is 2.82 bits per heavy atom. The van der Waals surface area contributed by atoms with Crippen LogP contribution in [0, 0.1) is 0 Å². The van der Waals surface area contributed by atoms with E-state index in [1.54, 1.807) is 18.1 Å². The molecule has 8 heteroatoms. The molecule has 1 N–H and O–H groups in total. The predicted octanol–water partition coefficient (Wildman–Crippen LogP) is 4.44. The Balaban J connectivity index is 1.84. The lowest BCUT2D eigenvalue weighted by molar-refractivity contribution is -0.129. The molecule has 0 saturated carbocycles. The van der Waals surface area contributed by atoms with Crippen LogP contribution in [0.15, 0.2) is 58.0 Å². The van der Waals surface area contributed by atoms with Gasteiger partial charge < -0.3 is 10.1 Å². The second-order valence-corrected chi connectivity index (χ2v) is 8.10. The van der Waals surface area contributed by atoms with Gasteiger partial charge in [0.15, 0.2) is 5.17 Å². The van der Waals surface area contributed by atoms with Gasteiger partial charge in [-0.25, -0.2) is 4.99 Å². The van der Waals surface area contributed by atoms with E-state index in [9.17, 15) is 9.59 Å². The third kappa shape index (κ3) is 4.74. The second-order valence-electron chi connectivity index (χ2n) is 6.01. The van der Waals surface area contributed by atoms with Crippen LogP contribution in [0.5, 0.6) is 5.75 Å². The quantitative estimate of drug-likeness (QED) is 0.714. The summed E-state index contributed by atoms with van der Waals surface area (Å²) in [7, 11) is 1.57. The molecule has 1 atom stereocenters. The maximum Gasteiger partial charge on any atom is 0.238 e. The van der Waals surface area contributed by atoms with Crippen molar-refractivity contribution in [2.75, 3.05) is 19.0 Å². The predicted molar refractivity (Wildman–Crippen MR) is 116 cm³/mol. The van der Waals surface area contributed by atoms with E-state index >= 15 is 0 Å². The van der Waals surface area contributed by atoms with Gasteiger partial charge >= 0.3 is 0 Å². The minimum Gasteiger partial charge on any atom is -0.494 e. The number of carbonyl (C=O) groups is 2. The topological polar surface area (TPSA) is 71.0 Å². The van der Waals surface area contributed by atoms with Gasteiger partial charge in [0.05, 0.1) is 7.11 Å². The van der Waals surface area contributed by atoms with Crippen LogP contribution in [0.3, 0.4) is 0 Å². The van der Waals surface area contributed by atoms with Crippen LogP contribution in [0.2, 0.25) is 0 Å². The zero-order chi connectivity index (χ0) is 20.1. The Morgan fingerprint density at radius 1 is 1.32 bits per heavy atom. The molecule has 1 heterocycles. The van der Waals surface area contributed by atoms with E-state index in [-0.39, 0.29) is 18.2 Å². The number of rotatable bonds is 5. The molecule has 0 aromatic heterocycles. The molecule has 0 spiro atoms. The van der Waals surface area contributed by atoms with E-state index in [1.165, 1.54) is 11.8 Å². The van der Waals surface area contributed by atoms with Gasteiger partial charge in [-0.2, -0.15) is 0 Å². The standard InChI is InChI=1S/C20H20BrN3O3S/c1-3-24-18(25)12-17(19(26)22-14-8-6-7-13(21)11-14)28-20(24)23-15-9-4-5-10-16(15)27-2/h4-11,17H,3,12H2,1-2H3,(H,22,26). The van der Waals surface area contributed by atoms with Crippen molar-refractivity contribution in [1.82, 2.24) is 4.90 Å². The summed E-state index contributed by atoms with van der Waals surface area (Å²) in [6, 6.07) is 14.7. The van der Waals surface area contributed by atoms with Gasteiger partial charge in [-0.15, -0.1) is 0 Å². The van der Waals surface area contributed by atoms with Crippen LogP contribution in [0.1, 0.15) is 13.3 Å². The van der Waals surface area contributed by atoms with Crippen LogP contribution in [0.4, 0.5) is 11.4 Å². The Kier molecular flexibility index (Phi) is 6.74. The summed E-state index contributed by atoms with van der Waals surface area (Å²) in [4.78, 5) is 31.6. The van der Waals surface area contributed by atoms with Crippen molar-refractivity contribution in [3.63, 3.8) is 0 Å². The summed E-state index contributed by atoms with van der Waals surface area (Å²) in [5.41, 5.74) is 1.29. The van der Waals surface area contributed by atoms with Crippen LogP contribution in [0.25, 0.3) is 0 Å². The number of nitrogens with one attached hydrogen (secondary N) is 1. The summed E-state index contributed by atoms with van der Waals surface area (Å²) in [5, 5.41) is 2.82. The summed E-state index contributed by atoms with van der Waals surface area (Å²) in [6.07, 6.45) is 0.128. The monoisotopic (exact) mass is 461 g/mol. The number of aliphatic imine (C=N–C) groups is 1. The van der Waals surface area contributed by atoms with E-state index in [1.807, 2.05) is 49.4 Å². The summed E-state index contributed by atoms with van der Waals surface area (Å²) in [5.74, 6) is 0.268. The molecule has 2 aromatic rings. The van der Waals surface area contributed by atoms with Crippen molar-refractivity contribution < 1.29 is 14.3 Å².